The Hall–Kier alpha value is -2.37. The van der Waals surface area contributed by atoms with Crippen LogP contribution in [0.5, 0.6) is 5.75 Å². The van der Waals surface area contributed by atoms with E-state index >= 15 is 0 Å². The number of amides is 1. The molecule has 0 N–H and O–H groups in total. The van der Waals surface area contributed by atoms with Gasteiger partial charge in [0.2, 0.25) is 11.8 Å². The molecule has 0 bridgehead atoms. The minimum atomic E-state index is -0.0289. The van der Waals surface area contributed by atoms with E-state index in [9.17, 15) is 4.79 Å². The Morgan fingerprint density at radius 3 is 2.88 bits per heavy atom. The molecule has 2 aliphatic rings. The van der Waals surface area contributed by atoms with Crippen LogP contribution in [0, 0.1) is 0 Å². The van der Waals surface area contributed by atoms with Gasteiger partial charge in [0.15, 0.2) is 5.82 Å². The Morgan fingerprint density at radius 2 is 2.08 bits per heavy atom. The van der Waals surface area contributed by atoms with E-state index in [2.05, 4.69) is 10.1 Å². The lowest BCUT2D eigenvalue weighted by Gasteiger charge is -2.22. The zero-order chi connectivity index (χ0) is 17.1. The summed E-state index contributed by atoms with van der Waals surface area (Å²) in [6.07, 6.45) is 5.36. The Balaban J connectivity index is 1.28. The van der Waals surface area contributed by atoms with Crippen molar-refractivity contribution in [1.29, 1.82) is 0 Å². The fourth-order valence-electron chi connectivity index (χ4n) is 3.29. The molecule has 1 saturated carbocycles. The number of benzene rings is 1. The molecule has 1 aromatic carbocycles. The van der Waals surface area contributed by atoms with E-state index in [1.54, 1.807) is 0 Å². The zero-order valence-electron chi connectivity index (χ0n) is 14.3. The van der Waals surface area contributed by atoms with Crippen LogP contribution in [0.4, 0.5) is 0 Å². The second-order valence-electron chi connectivity index (χ2n) is 6.78. The summed E-state index contributed by atoms with van der Waals surface area (Å²) in [7, 11) is 0. The first-order valence-electron chi connectivity index (χ1n) is 9.12. The van der Waals surface area contributed by atoms with E-state index in [1.807, 2.05) is 35.2 Å². The monoisotopic (exact) mass is 341 g/mol. The van der Waals surface area contributed by atoms with Crippen molar-refractivity contribution in [3.63, 3.8) is 0 Å². The second-order valence-corrected chi connectivity index (χ2v) is 6.78. The van der Waals surface area contributed by atoms with E-state index in [1.165, 1.54) is 0 Å². The summed E-state index contributed by atoms with van der Waals surface area (Å²) in [6, 6.07) is 9.65. The first-order chi connectivity index (χ1) is 12.3. The minimum absolute atomic E-state index is 0.0289. The van der Waals surface area contributed by atoms with Gasteiger partial charge < -0.3 is 14.2 Å². The van der Waals surface area contributed by atoms with Crippen molar-refractivity contribution in [2.45, 2.75) is 50.5 Å². The molecule has 4 rings (SSSR count). The lowest BCUT2D eigenvalue weighted by atomic mass is 10.2. The number of ether oxygens (including phenoxy) is 1. The Kier molecular flexibility index (Phi) is 4.68. The molecule has 2 fully saturated rings. The highest BCUT2D eigenvalue weighted by Gasteiger charge is 2.35. The maximum atomic E-state index is 12.6. The molecule has 2 aromatic rings. The summed E-state index contributed by atoms with van der Waals surface area (Å²) < 4.78 is 11.0. The number of likely N-dealkylation sites (tertiary alicyclic amines) is 1. The van der Waals surface area contributed by atoms with Crippen LogP contribution in [-0.4, -0.2) is 34.1 Å². The lowest BCUT2D eigenvalue weighted by molar-refractivity contribution is -0.132. The Bertz CT molecular complexity index is 712. The second kappa shape index (κ2) is 7.25. The molecule has 1 amide bonds. The third-order valence-corrected chi connectivity index (χ3v) is 4.80. The number of nitrogens with zero attached hydrogens (tertiary/aromatic N) is 3. The molecule has 6 nitrogen and oxygen atoms in total. The number of rotatable bonds is 7. The fraction of sp³-hybridized carbons (Fsp3) is 0.526. The van der Waals surface area contributed by atoms with Gasteiger partial charge in [0, 0.05) is 18.9 Å². The molecule has 25 heavy (non-hydrogen) atoms. The molecule has 1 aliphatic heterocycles. The number of hydrogen-bond donors (Lipinski definition) is 0. The van der Waals surface area contributed by atoms with Gasteiger partial charge >= 0.3 is 0 Å². The van der Waals surface area contributed by atoms with E-state index in [-0.39, 0.29) is 11.9 Å². The summed E-state index contributed by atoms with van der Waals surface area (Å²) in [6.45, 7) is 1.32. The zero-order valence-corrected chi connectivity index (χ0v) is 14.3. The third-order valence-electron chi connectivity index (χ3n) is 4.80. The molecule has 1 aliphatic carbocycles. The molecule has 0 spiro atoms. The van der Waals surface area contributed by atoms with Crippen LogP contribution >= 0.6 is 0 Å². The van der Waals surface area contributed by atoms with Crippen LogP contribution in [0.15, 0.2) is 34.9 Å². The number of carbonyl (C=O) groups is 1. The van der Waals surface area contributed by atoms with Gasteiger partial charge in [-0.1, -0.05) is 23.4 Å². The molecule has 2 heterocycles. The van der Waals surface area contributed by atoms with Crippen molar-refractivity contribution in [3.05, 3.63) is 42.0 Å². The van der Waals surface area contributed by atoms with Gasteiger partial charge in [0.25, 0.3) is 0 Å². The van der Waals surface area contributed by atoms with Crippen molar-refractivity contribution in [2.24, 2.45) is 0 Å². The summed E-state index contributed by atoms with van der Waals surface area (Å²) in [5.41, 5.74) is 0. The number of para-hydroxylation sites is 1. The van der Waals surface area contributed by atoms with Crippen molar-refractivity contribution < 1.29 is 14.1 Å². The Labute approximate surface area is 147 Å². The number of aromatic nitrogens is 2. The van der Waals surface area contributed by atoms with Gasteiger partial charge in [-0.2, -0.15) is 4.98 Å². The smallest absolute Gasteiger partial charge is 0.229 e. The van der Waals surface area contributed by atoms with Crippen LogP contribution in [0.2, 0.25) is 0 Å². The average Bonchev–Trinajstić information content (AvgIpc) is 3.18. The molecule has 1 atom stereocenters. The predicted octanol–water partition coefficient (Wildman–Crippen LogP) is 3.47. The highest BCUT2D eigenvalue weighted by atomic mass is 16.5. The summed E-state index contributed by atoms with van der Waals surface area (Å²) in [4.78, 5) is 19.0. The topological polar surface area (TPSA) is 68.5 Å². The molecule has 1 saturated heterocycles. The summed E-state index contributed by atoms with van der Waals surface area (Å²) in [5.74, 6) is 2.85. The quantitative estimate of drug-likeness (QED) is 0.721. The van der Waals surface area contributed by atoms with E-state index < -0.39 is 0 Å². The van der Waals surface area contributed by atoms with Crippen LogP contribution in [0.3, 0.4) is 0 Å². The minimum Gasteiger partial charge on any atom is -0.494 e. The van der Waals surface area contributed by atoms with Crippen molar-refractivity contribution in [1.82, 2.24) is 15.0 Å². The van der Waals surface area contributed by atoms with Gasteiger partial charge in [-0.25, -0.2) is 0 Å². The van der Waals surface area contributed by atoms with E-state index in [0.29, 0.717) is 31.2 Å². The first-order valence-corrected chi connectivity index (χ1v) is 9.12. The highest BCUT2D eigenvalue weighted by molar-refractivity contribution is 5.76. The molecular formula is C19H23N3O3. The number of carbonyl (C=O) groups excluding carboxylic acids is 1. The highest BCUT2D eigenvalue weighted by Crippen LogP contribution is 2.40. The van der Waals surface area contributed by atoms with Crippen LogP contribution in [0.25, 0.3) is 0 Å². The molecule has 132 valence electrons. The molecule has 1 aromatic heterocycles. The largest absolute Gasteiger partial charge is 0.494 e. The molecular weight excluding hydrogens is 318 g/mol. The Morgan fingerprint density at radius 1 is 1.24 bits per heavy atom. The SMILES string of the molecule is O=C(CCCOc1ccccc1)N1CCC[C@H]1c1noc(C2CC2)n1. The third kappa shape index (κ3) is 3.83. The standard InChI is InChI=1S/C19H23N3O3/c23-17(9-5-13-24-15-6-2-1-3-7-15)22-12-4-8-16(22)18-20-19(25-21-18)14-10-11-14/h1-3,6-7,14,16H,4-5,8-13H2/t16-/m0/s1. The first kappa shape index (κ1) is 16.1. The molecule has 6 heteroatoms. The molecule has 0 unspecified atom stereocenters. The van der Waals surface area contributed by atoms with Gasteiger partial charge in [-0.05, 0) is 44.2 Å². The summed E-state index contributed by atoms with van der Waals surface area (Å²) >= 11 is 0. The fourth-order valence-corrected chi connectivity index (χ4v) is 3.29. The van der Waals surface area contributed by atoms with Crippen LogP contribution in [-0.2, 0) is 4.79 Å². The van der Waals surface area contributed by atoms with Gasteiger partial charge in [-0.3, -0.25) is 4.79 Å². The van der Waals surface area contributed by atoms with Crippen molar-refractivity contribution in [3.8, 4) is 5.75 Å². The number of hydrogen-bond acceptors (Lipinski definition) is 5. The average molecular weight is 341 g/mol. The van der Waals surface area contributed by atoms with Crippen molar-refractivity contribution >= 4 is 5.91 Å². The normalized spacial score (nSPS) is 20.0. The van der Waals surface area contributed by atoms with Crippen molar-refractivity contribution in [2.75, 3.05) is 13.2 Å². The van der Waals surface area contributed by atoms with E-state index in [0.717, 1.165) is 43.9 Å². The van der Waals surface area contributed by atoms with Crippen LogP contribution in [0.1, 0.15) is 62.2 Å². The van der Waals surface area contributed by atoms with Gasteiger partial charge in [-0.15, -0.1) is 0 Å². The van der Waals surface area contributed by atoms with Crippen LogP contribution < -0.4 is 4.74 Å². The predicted molar refractivity (Wildman–Crippen MR) is 91.1 cm³/mol. The lowest BCUT2D eigenvalue weighted by Crippen LogP contribution is -2.31. The van der Waals surface area contributed by atoms with E-state index in [4.69, 9.17) is 9.26 Å². The van der Waals surface area contributed by atoms with Gasteiger partial charge in [0.05, 0.1) is 12.6 Å². The van der Waals surface area contributed by atoms with Gasteiger partial charge in [0.1, 0.15) is 5.75 Å². The maximum Gasteiger partial charge on any atom is 0.229 e. The maximum absolute atomic E-state index is 12.6. The molecule has 0 radical (unpaired) electrons. The summed E-state index contributed by atoms with van der Waals surface area (Å²) in [5, 5.41) is 4.12.